The van der Waals surface area contributed by atoms with Crippen molar-refractivity contribution in [2.24, 2.45) is 0 Å². The summed E-state index contributed by atoms with van der Waals surface area (Å²) in [4.78, 5) is 11.9. The molecular weight excluding hydrogens is 252 g/mol. The summed E-state index contributed by atoms with van der Waals surface area (Å²) < 4.78 is 0. The van der Waals surface area contributed by atoms with E-state index in [0.29, 0.717) is 19.4 Å². The molecule has 0 aliphatic heterocycles. The molecule has 0 saturated heterocycles. The molecule has 0 bridgehead atoms. The van der Waals surface area contributed by atoms with Crippen LogP contribution in [0.15, 0.2) is 42.6 Å². The highest BCUT2D eigenvalue weighted by Gasteiger charge is 2.15. The van der Waals surface area contributed by atoms with Gasteiger partial charge in [-0.1, -0.05) is 30.3 Å². The Bertz CT molecular complexity index is 572. The number of carbonyl (C=O) groups excluding carboxylic acids is 1. The van der Waals surface area contributed by atoms with Crippen molar-refractivity contribution < 1.29 is 4.79 Å². The minimum Gasteiger partial charge on any atom is -0.350 e. The highest BCUT2D eigenvalue weighted by molar-refractivity contribution is 5.76. The van der Waals surface area contributed by atoms with Gasteiger partial charge in [-0.25, -0.2) is 0 Å². The van der Waals surface area contributed by atoms with E-state index in [1.807, 2.05) is 36.4 Å². The van der Waals surface area contributed by atoms with Crippen LogP contribution in [0.1, 0.15) is 30.0 Å². The lowest BCUT2D eigenvalue weighted by Gasteiger charge is -2.13. The summed E-state index contributed by atoms with van der Waals surface area (Å²) in [6.45, 7) is 0.424. The summed E-state index contributed by atoms with van der Waals surface area (Å²) in [6.07, 6.45) is 2.29. The van der Waals surface area contributed by atoms with Crippen LogP contribution in [0.25, 0.3) is 0 Å². The minimum absolute atomic E-state index is 0.0660. The van der Waals surface area contributed by atoms with E-state index < -0.39 is 0 Å². The molecule has 5 nitrogen and oxygen atoms in total. The third-order valence-electron chi connectivity index (χ3n) is 3.07. The fraction of sp³-hybridized carbons (Fsp3) is 0.267. The summed E-state index contributed by atoms with van der Waals surface area (Å²) in [5, 5.41) is 18.3. The van der Waals surface area contributed by atoms with Crippen molar-refractivity contribution in [2.75, 3.05) is 0 Å². The standard InChI is InChI=1S/C15H16N4O/c16-8-6-13(12-4-2-1-3-5-12)10-15(20)17-11-14-7-9-18-19-14/h1-5,7,9,13H,6,10-11H2,(H,17,20)(H,18,19). The molecule has 1 heterocycles. The van der Waals surface area contributed by atoms with Crippen LogP contribution < -0.4 is 5.32 Å². The minimum atomic E-state index is -0.0667. The van der Waals surface area contributed by atoms with Gasteiger partial charge in [0.2, 0.25) is 5.91 Å². The lowest BCUT2D eigenvalue weighted by molar-refractivity contribution is -0.121. The second-order valence-corrected chi connectivity index (χ2v) is 4.53. The highest BCUT2D eigenvalue weighted by atomic mass is 16.1. The number of nitrogens with zero attached hydrogens (tertiary/aromatic N) is 2. The average molecular weight is 268 g/mol. The first-order valence-corrected chi connectivity index (χ1v) is 6.46. The van der Waals surface area contributed by atoms with E-state index >= 15 is 0 Å². The van der Waals surface area contributed by atoms with Gasteiger partial charge in [0, 0.05) is 25.0 Å². The summed E-state index contributed by atoms with van der Waals surface area (Å²) in [5.41, 5.74) is 1.88. The Hall–Kier alpha value is -2.61. The Morgan fingerprint density at radius 3 is 2.80 bits per heavy atom. The molecule has 20 heavy (non-hydrogen) atoms. The molecule has 1 aromatic heterocycles. The maximum absolute atomic E-state index is 11.9. The van der Waals surface area contributed by atoms with Crippen LogP contribution >= 0.6 is 0 Å². The van der Waals surface area contributed by atoms with E-state index in [0.717, 1.165) is 11.3 Å². The fourth-order valence-electron chi connectivity index (χ4n) is 2.02. The number of aromatic nitrogens is 2. The number of benzene rings is 1. The molecule has 1 aromatic carbocycles. The van der Waals surface area contributed by atoms with Crippen LogP contribution in [0, 0.1) is 11.3 Å². The van der Waals surface area contributed by atoms with Gasteiger partial charge in [-0.05, 0) is 11.6 Å². The molecule has 1 atom stereocenters. The molecular formula is C15H16N4O. The number of hydrogen-bond acceptors (Lipinski definition) is 3. The van der Waals surface area contributed by atoms with Gasteiger partial charge in [0.1, 0.15) is 0 Å². The number of H-pyrrole nitrogens is 1. The zero-order valence-electron chi connectivity index (χ0n) is 11.0. The van der Waals surface area contributed by atoms with Crippen molar-refractivity contribution >= 4 is 5.91 Å². The zero-order chi connectivity index (χ0) is 14.2. The van der Waals surface area contributed by atoms with Gasteiger partial charge < -0.3 is 5.32 Å². The first-order chi connectivity index (χ1) is 9.79. The van der Waals surface area contributed by atoms with Crippen molar-refractivity contribution in [1.29, 1.82) is 5.26 Å². The summed E-state index contributed by atoms with van der Waals surface area (Å²) in [5.74, 6) is -0.133. The molecule has 1 unspecified atom stereocenters. The SMILES string of the molecule is N#CCC(CC(=O)NCc1ccn[nH]1)c1ccccc1. The topological polar surface area (TPSA) is 81.6 Å². The van der Waals surface area contributed by atoms with E-state index in [2.05, 4.69) is 21.6 Å². The van der Waals surface area contributed by atoms with Gasteiger partial charge >= 0.3 is 0 Å². The Kier molecular flexibility index (Phi) is 4.90. The number of nitrogens with one attached hydrogen (secondary N) is 2. The van der Waals surface area contributed by atoms with Crippen molar-refractivity contribution in [3.05, 3.63) is 53.9 Å². The number of carbonyl (C=O) groups is 1. The van der Waals surface area contributed by atoms with Crippen molar-refractivity contribution in [3.63, 3.8) is 0 Å². The van der Waals surface area contributed by atoms with Gasteiger partial charge in [0.25, 0.3) is 0 Å². The predicted octanol–water partition coefficient (Wildman–Crippen LogP) is 2.11. The maximum Gasteiger partial charge on any atom is 0.220 e. The predicted molar refractivity (Wildman–Crippen MR) is 74.5 cm³/mol. The number of nitriles is 1. The largest absolute Gasteiger partial charge is 0.350 e. The van der Waals surface area contributed by atoms with Gasteiger partial charge in [0.15, 0.2) is 0 Å². The third kappa shape index (κ3) is 3.95. The Balaban J connectivity index is 1.91. The molecule has 2 N–H and O–H groups in total. The monoisotopic (exact) mass is 268 g/mol. The molecule has 0 aliphatic rings. The number of amides is 1. The molecule has 0 radical (unpaired) electrons. The van der Waals surface area contributed by atoms with Gasteiger partial charge in [0.05, 0.1) is 18.3 Å². The van der Waals surface area contributed by atoms with Crippen molar-refractivity contribution in [3.8, 4) is 6.07 Å². The summed E-state index contributed by atoms with van der Waals surface area (Å²) in [6, 6.07) is 13.6. The fourth-order valence-corrected chi connectivity index (χ4v) is 2.02. The second kappa shape index (κ2) is 7.10. The van der Waals surface area contributed by atoms with Crippen LogP contribution in [0.5, 0.6) is 0 Å². The molecule has 0 aliphatic carbocycles. The van der Waals surface area contributed by atoms with E-state index in [4.69, 9.17) is 5.26 Å². The summed E-state index contributed by atoms with van der Waals surface area (Å²) >= 11 is 0. The number of rotatable bonds is 6. The Morgan fingerprint density at radius 1 is 1.35 bits per heavy atom. The molecule has 5 heteroatoms. The van der Waals surface area contributed by atoms with Crippen LogP contribution in [0.3, 0.4) is 0 Å². The lowest BCUT2D eigenvalue weighted by Crippen LogP contribution is -2.24. The van der Waals surface area contributed by atoms with E-state index in [1.54, 1.807) is 6.20 Å². The Morgan fingerprint density at radius 2 is 2.15 bits per heavy atom. The van der Waals surface area contributed by atoms with Gasteiger partial charge in [-0.15, -0.1) is 0 Å². The third-order valence-corrected chi connectivity index (χ3v) is 3.07. The van der Waals surface area contributed by atoms with Crippen LogP contribution in [-0.2, 0) is 11.3 Å². The maximum atomic E-state index is 11.9. The molecule has 1 amide bonds. The van der Waals surface area contributed by atoms with E-state index in [1.165, 1.54) is 0 Å². The normalized spacial score (nSPS) is 11.6. The van der Waals surface area contributed by atoms with E-state index in [-0.39, 0.29) is 11.8 Å². The lowest BCUT2D eigenvalue weighted by atomic mass is 9.93. The van der Waals surface area contributed by atoms with Crippen molar-refractivity contribution in [2.45, 2.75) is 25.3 Å². The average Bonchev–Trinajstić information content (AvgIpc) is 2.99. The smallest absolute Gasteiger partial charge is 0.220 e. The van der Waals surface area contributed by atoms with Gasteiger partial charge in [-0.3, -0.25) is 9.89 Å². The molecule has 0 saturated carbocycles. The molecule has 0 fully saturated rings. The van der Waals surface area contributed by atoms with Crippen LogP contribution in [0.2, 0.25) is 0 Å². The molecule has 2 rings (SSSR count). The molecule has 2 aromatic rings. The van der Waals surface area contributed by atoms with E-state index in [9.17, 15) is 4.79 Å². The van der Waals surface area contributed by atoms with Crippen molar-refractivity contribution in [1.82, 2.24) is 15.5 Å². The Labute approximate surface area is 117 Å². The number of aromatic amines is 1. The summed E-state index contributed by atoms with van der Waals surface area (Å²) in [7, 11) is 0. The molecule has 102 valence electrons. The van der Waals surface area contributed by atoms with Crippen LogP contribution in [-0.4, -0.2) is 16.1 Å². The second-order valence-electron chi connectivity index (χ2n) is 4.53. The molecule has 0 spiro atoms. The first-order valence-electron chi connectivity index (χ1n) is 6.46. The first kappa shape index (κ1) is 13.8. The highest BCUT2D eigenvalue weighted by Crippen LogP contribution is 2.22. The zero-order valence-corrected chi connectivity index (χ0v) is 11.0. The van der Waals surface area contributed by atoms with Crippen LogP contribution in [0.4, 0.5) is 0 Å². The number of hydrogen-bond donors (Lipinski definition) is 2. The van der Waals surface area contributed by atoms with Gasteiger partial charge in [-0.2, -0.15) is 10.4 Å². The quantitative estimate of drug-likeness (QED) is 0.841.